The monoisotopic (exact) mass is 310 g/mol. The second-order valence-corrected chi connectivity index (χ2v) is 4.28. The Morgan fingerprint density at radius 2 is 1.91 bits per heavy atom. The van der Waals surface area contributed by atoms with Crippen LogP contribution >= 0.6 is 0 Å². The minimum absolute atomic E-state index is 0.0587. The van der Waals surface area contributed by atoms with Crippen LogP contribution in [0.4, 0.5) is 4.79 Å². The third kappa shape index (κ3) is 6.71. The summed E-state index contributed by atoms with van der Waals surface area (Å²) in [5.41, 5.74) is 0.802. The number of alkyl carbamates (subject to hydrolysis) is 1. The Hall–Kier alpha value is -2.61. The van der Waals surface area contributed by atoms with Crippen molar-refractivity contribution in [2.24, 2.45) is 0 Å². The quantitative estimate of drug-likeness (QED) is 0.629. The number of carboxylic acids is 1. The van der Waals surface area contributed by atoms with Gasteiger partial charge >= 0.3 is 12.1 Å². The highest BCUT2D eigenvalue weighted by Crippen LogP contribution is 2.01. The largest absolute Gasteiger partial charge is 0.480 e. The van der Waals surface area contributed by atoms with Crippen molar-refractivity contribution in [1.29, 1.82) is 0 Å². The molecule has 1 aromatic carbocycles. The van der Waals surface area contributed by atoms with E-state index in [1.165, 1.54) is 7.05 Å². The molecule has 2 amide bonds. The van der Waals surface area contributed by atoms with E-state index in [1.807, 2.05) is 18.2 Å². The van der Waals surface area contributed by atoms with Gasteiger partial charge in [-0.2, -0.15) is 0 Å². The second kappa shape index (κ2) is 9.35. The highest BCUT2D eigenvalue weighted by molar-refractivity contribution is 5.85. The molecule has 22 heavy (non-hydrogen) atoms. The lowest BCUT2D eigenvalue weighted by Crippen LogP contribution is -2.48. The molecular formula is C14H18N2O6. The van der Waals surface area contributed by atoms with Gasteiger partial charge in [-0.1, -0.05) is 30.3 Å². The van der Waals surface area contributed by atoms with Crippen LogP contribution in [0.1, 0.15) is 5.56 Å². The molecule has 3 N–H and O–H groups in total. The van der Waals surface area contributed by atoms with Gasteiger partial charge in [-0.05, 0) is 5.56 Å². The molecule has 0 radical (unpaired) electrons. The molecule has 0 aliphatic rings. The number of rotatable bonds is 8. The molecule has 1 rings (SSSR count). The second-order valence-electron chi connectivity index (χ2n) is 4.28. The number of amides is 2. The van der Waals surface area contributed by atoms with Crippen molar-refractivity contribution >= 4 is 18.0 Å². The number of ether oxygens (including phenoxy) is 2. The average molecular weight is 310 g/mol. The molecule has 1 atom stereocenters. The Balaban J connectivity index is 2.44. The molecule has 8 heteroatoms. The van der Waals surface area contributed by atoms with Crippen LogP contribution in [0.3, 0.4) is 0 Å². The Bertz CT molecular complexity index is 505. The summed E-state index contributed by atoms with van der Waals surface area (Å²) in [6.45, 7) is -0.774. The fourth-order valence-corrected chi connectivity index (χ4v) is 1.53. The van der Waals surface area contributed by atoms with Gasteiger partial charge in [0.05, 0.1) is 6.61 Å². The summed E-state index contributed by atoms with van der Waals surface area (Å²) in [7, 11) is 1.39. The number of carboxylic acid groups (broad SMARTS) is 1. The number of carbonyl (C=O) groups is 3. The number of hydrogen-bond donors (Lipinski definition) is 3. The van der Waals surface area contributed by atoms with E-state index in [9.17, 15) is 14.4 Å². The van der Waals surface area contributed by atoms with E-state index >= 15 is 0 Å². The number of hydrogen-bond acceptors (Lipinski definition) is 5. The van der Waals surface area contributed by atoms with E-state index in [4.69, 9.17) is 14.6 Å². The lowest BCUT2D eigenvalue weighted by Gasteiger charge is -2.16. The van der Waals surface area contributed by atoms with Crippen LogP contribution in [0.5, 0.6) is 0 Å². The van der Waals surface area contributed by atoms with E-state index in [1.54, 1.807) is 12.1 Å². The number of benzene rings is 1. The van der Waals surface area contributed by atoms with E-state index in [2.05, 4.69) is 10.6 Å². The molecule has 0 aliphatic carbocycles. The number of nitrogens with one attached hydrogen (secondary N) is 2. The van der Waals surface area contributed by atoms with Gasteiger partial charge in [0, 0.05) is 7.05 Å². The zero-order valence-corrected chi connectivity index (χ0v) is 12.1. The Morgan fingerprint density at radius 1 is 1.23 bits per heavy atom. The SMILES string of the molecule is CNC(=O)[C@H](COCC(=O)O)NC(=O)OCc1ccccc1. The molecular weight excluding hydrogens is 292 g/mol. The molecule has 0 spiro atoms. The fourth-order valence-electron chi connectivity index (χ4n) is 1.53. The van der Waals surface area contributed by atoms with Crippen molar-refractivity contribution in [3.05, 3.63) is 35.9 Å². The minimum Gasteiger partial charge on any atom is -0.480 e. The number of likely N-dealkylation sites (N-methyl/N-ethyl adjacent to an activating group) is 1. The summed E-state index contributed by atoms with van der Waals surface area (Å²) in [6.07, 6.45) is -0.795. The van der Waals surface area contributed by atoms with Crippen LogP contribution in [-0.4, -0.2) is 49.4 Å². The van der Waals surface area contributed by atoms with Crippen LogP contribution in [-0.2, 0) is 25.7 Å². The van der Waals surface area contributed by atoms with Crippen molar-refractivity contribution in [3.8, 4) is 0 Å². The first-order valence-corrected chi connectivity index (χ1v) is 6.51. The van der Waals surface area contributed by atoms with E-state index in [0.29, 0.717) is 0 Å². The van der Waals surface area contributed by atoms with Crippen molar-refractivity contribution in [1.82, 2.24) is 10.6 Å². The molecule has 0 saturated heterocycles. The van der Waals surface area contributed by atoms with Gasteiger partial charge in [0.1, 0.15) is 19.3 Å². The highest BCUT2D eigenvalue weighted by atomic mass is 16.5. The average Bonchev–Trinajstić information content (AvgIpc) is 2.52. The van der Waals surface area contributed by atoms with Gasteiger partial charge in [-0.3, -0.25) is 4.79 Å². The predicted molar refractivity (Wildman–Crippen MR) is 76.1 cm³/mol. The lowest BCUT2D eigenvalue weighted by atomic mass is 10.2. The fraction of sp³-hybridized carbons (Fsp3) is 0.357. The maximum Gasteiger partial charge on any atom is 0.408 e. The summed E-state index contributed by atoms with van der Waals surface area (Å²) < 4.78 is 9.79. The van der Waals surface area contributed by atoms with Crippen LogP contribution < -0.4 is 10.6 Å². The maximum atomic E-state index is 11.7. The molecule has 120 valence electrons. The van der Waals surface area contributed by atoms with Crippen molar-refractivity contribution < 1.29 is 29.0 Å². The Morgan fingerprint density at radius 3 is 2.50 bits per heavy atom. The molecule has 8 nitrogen and oxygen atoms in total. The van der Waals surface area contributed by atoms with Gasteiger partial charge in [-0.25, -0.2) is 9.59 Å². The van der Waals surface area contributed by atoms with Crippen LogP contribution in [0.25, 0.3) is 0 Å². The topological polar surface area (TPSA) is 114 Å². The zero-order chi connectivity index (χ0) is 16.4. The molecule has 0 saturated carbocycles. The third-order valence-electron chi connectivity index (χ3n) is 2.58. The molecule has 1 aromatic rings. The summed E-state index contributed by atoms with van der Waals surface area (Å²) in [5, 5.41) is 13.1. The van der Waals surface area contributed by atoms with Crippen molar-refractivity contribution in [3.63, 3.8) is 0 Å². The molecule has 0 heterocycles. The van der Waals surface area contributed by atoms with Crippen LogP contribution in [0, 0.1) is 0 Å². The van der Waals surface area contributed by atoms with Gasteiger partial charge in [-0.15, -0.1) is 0 Å². The molecule has 0 bridgehead atoms. The molecule has 0 unspecified atom stereocenters. The van der Waals surface area contributed by atoms with E-state index in [-0.39, 0.29) is 13.2 Å². The van der Waals surface area contributed by atoms with E-state index < -0.39 is 30.6 Å². The molecule has 0 aromatic heterocycles. The molecule has 0 fully saturated rings. The normalized spacial score (nSPS) is 11.3. The number of carbonyl (C=O) groups excluding carboxylic acids is 2. The van der Waals surface area contributed by atoms with Gasteiger partial charge in [0.2, 0.25) is 5.91 Å². The molecule has 0 aliphatic heterocycles. The van der Waals surface area contributed by atoms with Crippen molar-refractivity contribution in [2.45, 2.75) is 12.6 Å². The first-order valence-electron chi connectivity index (χ1n) is 6.51. The summed E-state index contributed by atoms with van der Waals surface area (Å²) in [4.78, 5) is 33.6. The minimum atomic E-state index is -1.16. The van der Waals surface area contributed by atoms with Crippen LogP contribution in [0.2, 0.25) is 0 Å². The van der Waals surface area contributed by atoms with E-state index in [0.717, 1.165) is 5.56 Å². The summed E-state index contributed by atoms with van der Waals surface area (Å²) >= 11 is 0. The van der Waals surface area contributed by atoms with Crippen molar-refractivity contribution in [2.75, 3.05) is 20.3 Å². The van der Waals surface area contributed by atoms with Crippen LogP contribution in [0.15, 0.2) is 30.3 Å². The Labute approximate surface area is 127 Å². The van der Waals surface area contributed by atoms with Gasteiger partial charge in [0.25, 0.3) is 0 Å². The van der Waals surface area contributed by atoms with Gasteiger partial charge in [0.15, 0.2) is 0 Å². The third-order valence-corrected chi connectivity index (χ3v) is 2.58. The Kier molecular flexibility index (Phi) is 7.41. The zero-order valence-electron chi connectivity index (χ0n) is 12.1. The first-order chi connectivity index (χ1) is 10.5. The predicted octanol–water partition coefficient (Wildman–Crippen LogP) is 0.129. The summed E-state index contributed by atoms with van der Waals surface area (Å²) in [5.74, 6) is -1.68. The van der Waals surface area contributed by atoms with Gasteiger partial charge < -0.3 is 25.2 Å². The number of aliphatic carboxylic acids is 1. The summed E-state index contributed by atoms with van der Waals surface area (Å²) in [6, 6.07) is 8.00. The smallest absolute Gasteiger partial charge is 0.408 e. The standard InChI is InChI=1S/C14H18N2O6/c1-15-13(19)11(8-21-9-12(17)18)16-14(20)22-7-10-5-3-2-4-6-10/h2-6,11H,7-9H2,1H3,(H,15,19)(H,16,20)(H,17,18)/t11-/m0/s1. The highest BCUT2D eigenvalue weighted by Gasteiger charge is 2.21. The maximum absolute atomic E-state index is 11.7. The first kappa shape index (κ1) is 17.4. The lowest BCUT2D eigenvalue weighted by molar-refractivity contribution is -0.143.